The minimum Gasteiger partial charge on any atom is -0.356 e. The molecule has 2 unspecified atom stereocenters. The van der Waals surface area contributed by atoms with Crippen LogP contribution < -0.4 is 10.6 Å². The molecule has 3 fully saturated rings. The van der Waals surface area contributed by atoms with Crippen LogP contribution in [0.2, 0.25) is 0 Å². The number of hydrogen-bond acceptors (Lipinski definition) is 2. The average molecular weight is 355 g/mol. The van der Waals surface area contributed by atoms with Crippen molar-refractivity contribution in [2.45, 2.75) is 64.1 Å². The second kappa shape index (κ2) is 7.59. The SMILES string of the molecule is CN=C(NCC1(C2CC2)CC1)NC1CCN(Cc2ccccc2)C(C)C1. The van der Waals surface area contributed by atoms with Gasteiger partial charge in [-0.2, -0.15) is 0 Å². The third kappa shape index (κ3) is 4.22. The van der Waals surface area contributed by atoms with E-state index in [1.807, 2.05) is 7.05 Å². The van der Waals surface area contributed by atoms with Crippen molar-refractivity contribution in [3.8, 4) is 0 Å². The Morgan fingerprint density at radius 2 is 1.96 bits per heavy atom. The summed E-state index contributed by atoms with van der Waals surface area (Å²) in [6, 6.07) is 12.0. The van der Waals surface area contributed by atoms with E-state index in [0.717, 1.165) is 31.5 Å². The predicted octanol–water partition coefficient (Wildman–Crippen LogP) is 3.39. The molecule has 3 aliphatic rings. The molecule has 2 saturated carbocycles. The third-order valence-corrected chi connectivity index (χ3v) is 6.75. The summed E-state index contributed by atoms with van der Waals surface area (Å²) in [6.07, 6.45) is 8.09. The highest BCUT2D eigenvalue weighted by Crippen LogP contribution is 2.60. The molecule has 0 bridgehead atoms. The molecule has 142 valence electrons. The summed E-state index contributed by atoms with van der Waals surface area (Å²) in [6.45, 7) is 5.68. The van der Waals surface area contributed by atoms with Gasteiger partial charge in [0.05, 0.1) is 0 Å². The Morgan fingerprint density at radius 1 is 1.19 bits per heavy atom. The maximum atomic E-state index is 4.49. The summed E-state index contributed by atoms with van der Waals surface area (Å²) in [4.78, 5) is 7.09. The number of guanidine groups is 1. The van der Waals surface area contributed by atoms with Crippen molar-refractivity contribution < 1.29 is 0 Å². The van der Waals surface area contributed by atoms with Gasteiger partial charge in [-0.3, -0.25) is 9.89 Å². The minimum absolute atomic E-state index is 0.527. The van der Waals surface area contributed by atoms with E-state index in [-0.39, 0.29) is 0 Å². The molecule has 4 nitrogen and oxygen atoms in total. The molecule has 1 aliphatic heterocycles. The number of likely N-dealkylation sites (tertiary alicyclic amines) is 1. The number of nitrogens with zero attached hydrogens (tertiary/aromatic N) is 2. The van der Waals surface area contributed by atoms with Gasteiger partial charge < -0.3 is 10.6 Å². The first kappa shape index (κ1) is 17.8. The first-order valence-corrected chi connectivity index (χ1v) is 10.4. The largest absolute Gasteiger partial charge is 0.356 e. The lowest BCUT2D eigenvalue weighted by Gasteiger charge is -2.38. The van der Waals surface area contributed by atoms with Gasteiger partial charge in [0, 0.05) is 38.8 Å². The Bertz CT molecular complexity index is 618. The van der Waals surface area contributed by atoms with E-state index in [2.05, 4.69) is 57.8 Å². The molecule has 1 saturated heterocycles. The van der Waals surface area contributed by atoms with Crippen molar-refractivity contribution in [2.75, 3.05) is 20.1 Å². The van der Waals surface area contributed by atoms with E-state index in [9.17, 15) is 0 Å². The lowest BCUT2D eigenvalue weighted by atomic mass is 9.97. The number of aliphatic imine (C=N–C) groups is 1. The lowest BCUT2D eigenvalue weighted by molar-refractivity contribution is 0.134. The van der Waals surface area contributed by atoms with E-state index < -0.39 is 0 Å². The van der Waals surface area contributed by atoms with Crippen LogP contribution in [0.4, 0.5) is 0 Å². The molecule has 1 aromatic rings. The fraction of sp³-hybridized carbons (Fsp3) is 0.682. The fourth-order valence-corrected chi connectivity index (χ4v) is 4.64. The smallest absolute Gasteiger partial charge is 0.191 e. The minimum atomic E-state index is 0.527. The number of piperidine rings is 1. The van der Waals surface area contributed by atoms with Crippen molar-refractivity contribution >= 4 is 5.96 Å². The quantitative estimate of drug-likeness (QED) is 0.608. The molecule has 0 spiro atoms. The first-order valence-electron chi connectivity index (χ1n) is 10.4. The van der Waals surface area contributed by atoms with Gasteiger partial charge in [-0.15, -0.1) is 0 Å². The zero-order valence-corrected chi connectivity index (χ0v) is 16.4. The summed E-state index contributed by atoms with van der Waals surface area (Å²) in [5.74, 6) is 2.00. The molecule has 2 atom stereocenters. The number of rotatable bonds is 6. The predicted molar refractivity (Wildman–Crippen MR) is 108 cm³/mol. The molecule has 4 rings (SSSR count). The topological polar surface area (TPSA) is 39.7 Å². The van der Waals surface area contributed by atoms with Crippen molar-refractivity contribution in [1.29, 1.82) is 0 Å². The second-order valence-electron chi connectivity index (χ2n) is 8.73. The molecule has 1 aromatic carbocycles. The van der Waals surface area contributed by atoms with Crippen molar-refractivity contribution in [3.63, 3.8) is 0 Å². The van der Waals surface area contributed by atoms with E-state index in [0.29, 0.717) is 17.5 Å². The van der Waals surface area contributed by atoms with E-state index in [1.54, 1.807) is 0 Å². The van der Waals surface area contributed by atoms with E-state index in [1.165, 1.54) is 44.1 Å². The van der Waals surface area contributed by atoms with Gasteiger partial charge in [-0.25, -0.2) is 0 Å². The first-order chi connectivity index (χ1) is 12.7. The highest BCUT2D eigenvalue weighted by molar-refractivity contribution is 5.80. The van der Waals surface area contributed by atoms with Crippen LogP contribution in [-0.4, -0.2) is 43.1 Å². The monoisotopic (exact) mass is 354 g/mol. The van der Waals surface area contributed by atoms with Crippen LogP contribution in [0.5, 0.6) is 0 Å². The molecule has 26 heavy (non-hydrogen) atoms. The number of nitrogens with one attached hydrogen (secondary N) is 2. The highest BCUT2D eigenvalue weighted by Gasteiger charge is 2.53. The standard InChI is InChI=1S/C22H34N4/c1-17-14-20(10-13-26(17)15-18-6-4-3-5-7-18)25-21(23-2)24-16-22(11-12-22)19-8-9-19/h3-7,17,19-20H,8-16H2,1-2H3,(H2,23,24,25). The van der Waals surface area contributed by atoms with Gasteiger partial charge in [0.2, 0.25) is 0 Å². The Labute approximate surface area is 158 Å². The highest BCUT2D eigenvalue weighted by atomic mass is 15.2. The third-order valence-electron chi connectivity index (χ3n) is 6.75. The van der Waals surface area contributed by atoms with Crippen LogP contribution >= 0.6 is 0 Å². The van der Waals surface area contributed by atoms with Gasteiger partial charge >= 0.3 is 0 Å². The maximum Gasteiger partial charge on any atom is 0.191 e. The summed E-state index contributed by atoms with van der Waals surface area (Å²) in [7, 11) is 1.90. The van der Waals surface area contributed by atoms with Crippen molar-refractivity contribution in [1.82, 2.24) is 15.5 Å². The van der Waals surface area contributed by atoms with Crippen molar-refractivity contribution in [3.05, 3.63) is 35.9 Å². The van der Waals surface area contributed by atoms with Crippen LogP contribution in [0.3, 0.4) is 0 Å². The molecule has 4 heteroatoms. The molecular formula is C22H34N4. The second-order valence-corrected chi connectivity index (χ2v) is 8.73. The lowest BCUT2D eigenvalue weighted by Crippen LogP contribution is -2.52. The fourth-order valence-electron chi connectivity index (χ4n) is 4.64. The number of benzene rings is 1. The molecule has 2 aliphatic carbocycles. The van der Waals surface area contributed by atoms with Gasteiger partial charge in [-0.05, 0) is 62.3 Å². The molecule has 2 N–H and O–H groups in total. The zero-order valence-electron chi connectivity index (χ0n) is 16.4. The summed E-state index contributed by atoms with van der Waals surface area (Å²) in [5.41, 5.74) is 2.03. The van der Waals surface area contributed by atoms with Crippen LogP contribution in [0.25, 0.3) is 0 Å². The van der Waals surface area contributed by atoms with Gasteiger partial charge in [0.25, 0.3) is 0 Å². The van der Waals surface area contributed by atoms with Crippen LogP contribution in [0.1, 0.15) is 51.0 Å². The molecular weight excluding hydrogens is 320 g/mol. The Morgan fingerprint density at radius 3 is 2.58 bits per heavy atom. The number of hydrogen-bond donors (Lipinski definition) is 2. The van der Waals surface area contributed by atoms with Gasteiger partial charge in [0.15, 0.2) is 5.96 Å². The van der Waals surface area contributed by atoms with E-state index in [4.69, 9.17) is 0 Å². The molecule has 0 radical (unpaired) electrons. The summed E-state index contributed by atoms with van der Waals surface area (Å²) in [5, 5.41) is 7.32. The summed E-state index contributed by atoms with van der Waals surface area (Å²) >= 11 is 0. The van der Waals surface area contributed by atoms with Crippen LogP contribution in [-0.2, 0) is 6.54 Å². The van der Waals surface area contributed by atoms with Crippen LogP contribution in [0, 0.1) is 11.3 Å². The Kier molecular flexibility index (Phi) is 5.21. The van der Waals surface area contributed by atoms with Gasteiger partial charge in [0.1, 0.15) is 0 Å². The molecule has 1 heterocycles. The van der Waals surface area contributed by atoms with E-state index >= 15 is 0 Å². The molecule has 0 amide bonds. The Hall–Kier alpha value is -1.55. The maximum absolute atomic E-state index is 4.49. The van der Waals surface area contributed by atoms with Gasteiger partial charge in [-0.1, -0.05) is 30.3 Å². The Balaban J connectivity index is 1.24. The average Bonchev–Trinajstić information content (AvgIpc) is 3.55. The normalized spacial score (nSPS) is 28.6. The van der Waals surface area contributed by atoms with Crippen molar-refractivity contribution in [2.24, 2.45) is 16.3 Å². The van der Waals surface area contributed by atoms with Crippen LogP contribution in [0.15, 0.2) is 35.3 Å². The zero-order chi connectivity index (χ0) is 18.0. The summed E-state index contributed by atoms with van der Waals surface area (Å²) < 4.78 is 0. The molecule has 0 aromatic heterocycles.